The summed E-state index contributed by atoms with van der Waals surface area (Å²) in [5, 5.41) is 0. The fourth-order valence-electron chi connectivity index (χ4n) is 1.90. The number of hydrogen-bond donors (Lipinski definition) is 0. The van der Waals surface area contributed by atoms with Crippen LogP contribution in [-0.2, 0) is 14.3 Å². The smallest absolute Gasteiger partial charge is 0.309 e. The van der Waals surface area contributed by atoms with Crippen LogP contribution in [-0.4, -0.2) is 25.3 Å². The van der Waals surface area contributed by atoms with E-state index in [-0.39, 0.29) is 18.0 Å². The second kappa shape index (κ2) is 7.66. The van der Waals surface area contributed by atoms with Crippen LogP contribution in [0.2, 0.25) is 0 Å². The van der Waals surface area contributed by atoms with Crippen molar-refractivity contribution in [2.45, 2.75) is 58.5 Å². The van der Waals surface area contributed by atoms with E-state index in [4.69, 9.17) is 9.47 Å². The molecule has 1 rings (SSSR count). The van der Waals surface area contributed by atoms with Gasteiger partial charge in [-0.15, -0.1) is 0 Å². The van der Waals surface area contributed by atoms with Gasteiger partial charge in [0.25, 0.3) is 0 Å². The maximum Gasteiger partial charge on any atom is 0.309 e. The lowest BCUT2D eigenvalue weighted by Crippen LogP contribution is -2.30. The van der Waals surface area contributed by atoms with Crippen LogP contribution in [0, 0.1) is 5.92 Å². The van der Waals surface area contributed by atoms with Crippen LogP contribution in [0.3, 0.4) is 0 Å². The molecule has 2 atom stereocenters. The summed E-state index contributed by atoms with van der Waals surface area (Å²) in [5.74, 6) is -0.0138. The largest absolute Gasteiger partial charge is 0.460 e. The molecule has 3 heteroatoms. The standard InChI is InChI=1S/C13H24O3/c1-3-4-5-7-11(2)13(14)16-12-8-6-9-15-10-12/h11-12H,3-10H2,1-2H3. The first-order chi connectivity index (χ1) is 7.74. The Morgan fingerprint density at radius 3 is 2.94 bits per heavy atom. The average Bonchev–Trinajstić information content (AvgIpc) is 2.30. The van der Waals surface area contributed by atoms with Gasteiger partial charge >= 0.3 is 5.97 Å². The Labute approximate surface area is 98.5 Å². The van der Waals surface area contributed by atoms with Crippen molar-refractivity contribution in [2.75, 3.05) is 13.2 Å². The molecule has 16 heavy (non-hydrogen) atoms. The zero-order valence-corrected chi connectivity index (χ0v) is 10.5. The van der Waals surface area contributed by atoms with Crippen molar-refractivity contribution in [3.63, 3.8) is 0 Å². The third-order valence-electron chi connectivity index (χ3n) is 3.04. The lowest BCUT2D eigenvalue weighted by molar-refractivity contribution is -0.159. The Balaban J connectivity index is 2.16. The molecular formula is C13H24O3. The molecule has 3 nitrogen and oxygen atoms in total. The Morgan fingerprint density at radius 1 is 1.50 bits per heavy atom. The first-order valence-electron chi connectivity index (χ1n) is 6.52. The summed E-state index contributed by atoms with van der Waals surface area (Å²) in [6, 6.07) is 0. The zero-order chi connectivity index (χ0) is 11.8. The van der Waals surface area contributed by atoms with E-state index in [9.17, 15) is 4.79 Å². The average molecular weight is 228 g/mol. The second-order valence-electron chi connectivity index (χ2n) is 4.67. The summed E-state index contributed by atoms with van der Waals surface area (Å²) >= 11 is 0. The first kappa shape index (κ1) is 13.5. The molecule has 0 aromatic carbocycles. The number of ether oxygens (including phenoxy) is 2. The van der Waals surface area contributed by atoms with Crippen LogP contribution >= 0.6 is 0 Å². The Morgan fingerprint density at radius 2 is 2.31 bits per heavy atom. The molecule has 0 bridgehead atoms. The van der Waals surface area contributed by atoms with Crippen LogP contribution in [0.25, 0.3) is 0 Å². The van der Waals surface area contributed by atoms with Crippen LogP contribution in [0.5, 0.6) is 0 Å². The van der Waals surface area contributed by atoms with Crippen molar-refractivity contribution in [3.05, 3.63) is 0 Å². The third-order valence-corrected chi connectivity index (χ3v) is 3.04. The van der Waals surface area contributed by atoms with Gasteiger partial charge in [0.1, 0.15) is 6.10 Å². The number of carbonyl (C=O) groups is 1. The van der Waals surface area contributed by atoms with E-state index < -0.39 is 0 Å². The van der Waals surface area contributed by atoms with Crippen molar-refractivity contribution in [1.82, 2.24) is 0 Å². The molecule has 0 aromatic rings. The van der Waals surface area contributed by atoms with E-state index in [1.165, 1.54) is 12.8 Å². The Hall–Kier alpha value is -0.570. The van der Waals surface area contributed by atoms with Crippen molar-refractivity contribution >= 4 is 5.97 Å². The van der Waals surface area contributed by atoms with Gasteiger partial charge in [-0.3, -0.25) is 4.79 Å². The fraction of sp³-hybridized carbons (Fsp3) is 0.923. The highest BCUT2D eigenvalue weighted by molar-refractivity contribution is 5.72. The summed E-state index contributed by atoms with van der Waals surface area (Å²) in [4.78, 5) is 11.7. The number of unbranched alkanes of at least 4 members (excludes halogenated alkanes) is 2. The van der Waals surface area contributed by atoms with Gasteiger partial charge in [0, 0.05) is 6.61 Å². The molecule has 2 unspecified atom stereocenters. The predicted molar refractivity (Wildman–Crippen MR) is 63.2 cm³/mol. The van der Waals surface area contributed by atoms with E-state index in [1.807, 2.05) is 6.92 Å². The number of rotatable bonds is 6. The van der Waals surface area contributed by atoms with Gasteiger partial charge in [0.05, 0.1) is 12.5 Å². The Kier molecular flexibility index (Phi) is 6.46. The topological polar surface area (TPSA) is 35.5 Å². The van der Waals surface area contributed by atoms with Crippen molar-refractivity contribution in [3.8, 4) is 0 Å². The van der Waals surface area contributed by atoms with Gasteiger partial charge in [0.15, 0.2) is 0 Å². The maximum absolute atomic E-state index is 11.7. The molecular weight excluding hydrogens is 204 g/mol. The summed E-state index contributed by atoms with van der Waals surface area (Å²) in [5.41, 5.74) is 0. The van der Waals surface area contributed by atoms with Gasteiger partial charge in [-0.1, -0.05) is 33.1 Å². The maximum atomic E-state index is 11.7. The van der Waals surface area contributed by atoms with E-state index in [0.29, 0.717) is 6.61 Å². The second-order valence-corrected chi connectivity index (χ2v) is 4.67. The first-order valence-corrected chi connectivity index (χ1v) is 6.52. The quantitative estimate of drug-likeness (QED) is 0.518. The molecule has 1 heterocycles. The van der Waals surface area contributed by atoms with Crippen LogP contribution in [0.4, 0.5) is 0 Å². The van der Waals surface area contributed by atoms with Crippen LogP contribution in [0.15, 0.2) is 0 Å². The highest BCUT2D eigenvalue weighted by Gasteiger charge is 2.21. The lowest BCUT2D eigenvalue weighted by Gasteiger charge is -2.23. The molecule has 1 aliphatic rings. The van der Waals surface area contributed by atoms with Gasteiger partial charge in [-0.2, -0.15) is 0 Å². The summed E-state index contributed by atoms with van der Waals surface area (Å²) in [6.07, 6.45) is 6.40. The van der Waals surface area contributed by atoms with Crippen molar-refractivity contribution in [1.29, 1.82) is 0 Å². The molecule has 0 radical (unpaired) electrons. The lowest BCUT2D eigenvalue weighted by atomic mass is 10.0. The summed E-state index contributed by atoms with van der Waals surface area (Å²) in [6.45, 7) is 5.51. The summed E-state index contributed by atoms with van der Waals surface area (Å²) in [7, 11) is 0. The van der Waals surface area contributed by atoms with Gasteiger partial charge in [-0.05, 0) is 19.3 Å². The Bertz CT molecular complexity index is 197. The number of esters is 1. The molecule has 1 fully saturated rings. The van der Waals surface area contributed by atoms with Crippen LogP contribution < -0.4 is 0 Å². The minimum absolute atomic E-state index is 0.00475. The fourth-order valence-corrected chi connectivity index (χ4v) is 1.90. The molecule has 0 saturated carbocycles. The molecule has 1 saturated heterocycles. The van der Waals surface area contributed by atoms with Crippen LogP contribution in [0.1, 0.15) is 52.4 Å². The molecule has 0 aromatic heterocycles. The third kappa shape index (κ3) is 4.97. The molecule has 0 spiro atoms. The van der Waals surface area contributed by atoms with Gasteiger partial charge < -0.3 is 9.47 Å². The number of hydrogen-bond acceptors (Lipinski definition) is 3. The molecule has 0 aliphatic carbocycles. The van der Waals surface area contributed by atoms with E-state index in [1.54, 1.807) is 0 Å². The van der Waals surface area contributed by atoms with E-state index >= 15 is 0 Å². The van der Waals surface area contributed by atoms with Gasteiger partial charge in [0.2, 0.25) is 0 Å². The normalized spacial score (nSPS) is 22.8. The van der Waals surface area contributed by atoms with E-state index in [2.05, 4.69) is 6.92 Å². The monoisotopic (exact) mass is 228 g/mol. The minimum atomic E-state index is -0.0494. The summed E-state index contributed by atoms with van der Waals surface area (Å²) < 4.78 is 10.7. The van der Waals surface area contributed by atoms with Crippen molar-refractivity contribution < 1.29 is 14.3 Å². The van der Waals surface area contributed by atoms with E-state index in [0.717, 1.165) is 32.3 Å². The molecule has 94 valence electrons. The minimum Gasteiger partial charge on any atom is -0.460 e. The number of carbonyl (C=O) groups excluding carboxylic acids is 1. The van der Waals surface area contributed by atoms with Crippen molar-refractivity contribution in [2.24, 2.45) is 5.92 Å². The highest BCUT2D eigenvalue weighted by Crippen LogP contribution is 2.15. The predicted octanol–water partition coefficient (Wildman–Crippen LogP) is 2.93. The highest BCUT2D eigenvalue weighted by atomic mass is 16.6. The molecule has 1 aliphatic heterocycles. The SMILES string of the molecule is CCCCCC(C)C(=O)OC1CCCOC1. The zero-order valence-electron chi connectivity index (χ0n) is 10.5. The molecule has 0 N–H and O–H groups in total. The van der Waals surface area contributed by atoms with Gasteiger partial charge in [-0.25, -0.2) is 0 Å². The molecule has 0 amide bonds.